The number of hydrogen-bond donors (Lipinski definition) is 1. The number of aromatic hydroxyl groups is 1. The molecule has 2 heterocycles. The summed E-state index contributed by atoms with van der Waals surface area (Å²) in [5.74, 6) is -0.485. The molecular formula is C30H30N4O4S. The van der Waals surface area contributed by atoms with Gasteiger partial charge in [0, 0.05) is 23.9 Å². The van der Waals surface area contributed by atoms with Crippen LogP contribution in [0.1, 0.15) is 61.8 Å². The molecule has 0 amide bonds. The smallest absolute Gasteiger partial charge is 0.277 e. The topological polar surface area (TPSA) is 126 Å². The third kappa shape index (κ3) is 5.47. The number of pyridine rings is 1. The zero-order chi connectivity index (χ0) is 28.2. The van der Waals surface area contributed by atoms with Gasteiger partial charge in [0.15, 0.2) is 4.90 Å². The Balaban J connectivity index is 1.86. The van der Waals surface area contributed by atoms with Gasteiger partial charge >= 0.3 is 0 Å². The minimum absolute atomic E-state index is 0.124. The number of aryl methyl sites for hydroxylation is 2. The summed E-state index contributed by atoms with van der Waals surface area (Å²) < 4.78 is 28.9. The summed E-state index contributed by atoms with van der Waals surface area (Å²) in [5, 5.41) is 20.0. The maximum atomic E-state index is 13.9. The SMILES string of the molecule is CCCCc1nc(O)c(S(=O)(=O)c2ccc(-c3cccnc3C)cc2)c(=O)n1[C@@H](CC)c1ccc(C#N)cc1. The van der Waals surface area contributed by atoms with Crippen LogP contribution >= 0.6 is 0 Å². The van der Waals surface area contributed by atoms with Crippen LogP contribution < -0.4 is 5.56 Å². The lowest BCUT2D eigenvalue weighted by Gasteiger charge is -2.23. The number of aromatic nitrogens is 3. The van der Waals surface area contributed by atoms with Crippen LogP contribution in [0.15, 0.2) is 81.4 Å². The number of unbranched alkanes of at least 4 members (excludes halogenated alkanes) is 1. The van der Waals surface area contributed by atoms with E-state index in [0.29, 0.717) is 30.7 Å². The minimum Gasteiger partial charge on any atom is -0.492 e. The minimum atomic E-state index is -4.41. The quantitative estimate of drug-likeness (QED) is 0.301. The van der Waals surface area contributed by atoms with Crippen LogP contribution in [0.3, 0.4) is 0 Å². The van der Waals surface area contributed by atoms with Crippen LogP contribution in [-0.2, 0) is 16.3 Å². The van der Waals surface area contributed by atoms with Gasteiger partial charge in [-0.25, -0.2) is 8.42 Å². The highest BCUT2D eigenvalue weighted by Gasteiger charge is 2.31. The van der Waals surface area contributed by atoms with E-state index in [4.69, 9.17) is 0 Å². The molecule has 1 atom stereocenters. The van der Waals surface area contributed by atoms with Gasteiger partial charge in [-0.1, -0.05) is 50.6 Å². The molecule has 4 aromatic rings. The number of nitrogens with zero attached hydrogens (tertiary/aromatic N) is 4. The van der Waals surface area contributed by atoms with Crippen LogP contribution in [0, 0.1) is 18.3 Å². The summed E-state index contributed by atoms with van der Waals surface area (Å²) in [6, 6.07) is 18.2. The molecule has 9 heteroatoms. The van der Waals surface area contributed by atoms with E-state index in [2.05, 4.69) is 16.0 Å². The largest absolute Gasteiger partial charge is 0.492 e. The van der Waals surface area contributed by atoms with E-state index in [1.54, 1.807) is 48.7 Å². The van der Waals surface area contributed by atoms with Gasteiger partial charge in [-0.15, -0.1) is 0 Å². The Kier molecular flexibility index (Phi) is 8.27. The summed E-state index contributed by atoms with van der Waals surface area (Å²) in [7, 11) is -4.41. The van der Waals surface area contributed by atoms with Crippen LogP contribution in [0.4, 0.5) is 0 Å². The first-order chi connectivity index (χ1) is 18.7. The Labute approximate surface area is 228 Å². The molecule has 200 valence electrons. The molecule has 2 aromatic heterocycles. The van der Waals surface area contributed by atoms with Crippen molar-refractivity contribution < 1.29 is 13.5 Å². The first-order valence-electron chi connectivity index (χ1n) is 12.8. The van der Waals surface area contributed by atoms with E-state index in [1.807, 2.05) is 26.8 Å². The average molecular weight is 543 g/mol. The first kappa shape index (κ1) is 27.7. The molecule has 0 spiro atoms. The number of nitriles is 1. The molecule has 0 saturated carbocycles. The fourth-order valence-corrected chi connectivity index (χ4v) is 6.03. The van der Waals surface area contributed by atoms with Crippen molar-refractivity contribution in [3.05, 3.63) is 99.9 Å². The second-order valence-corrected chi connectivity index (χ2v) is 11.2. The summed E-state index contributed by atoms with van der Waals surface area (Å²) >= 11 is 0. The lowest BCUT2D eigenvalue weighted by Crippen LogP contribution is -2.33. The van der Waals surface area contributed by atoms with Crippen LogP contribution in [0.2, 0.25) is 0 Å². The molecular weight excluding hydrogens is 512 g/mol. The van der Waals surface area contributed by atoms with E-state index < -0.39 is 32.2 Å². The van der Waals surface area contributed by atoms with Gasteiger partial charge in [-0.3, -0.25) is 14.3 Å². The second kappa shape index (κ2) is 11.6. The molecule has 4 rings (SSSR count). The number of benzene rings is 2. The van der Waals surface area contributed by atoms with E-state index >= 15 is 0 Å². The molecule has 0 bridgehead atoms. The molecule has 0 aliphatic heterocycles. The van der Waals surface area contributed by atoms with Crippen molar-refractivity contribution >= 4 is 9.84 Å². The van der Waals surface area contributed by atoms with Crippen LogP contribution in [-0.4, -0.2) is 28.1 Å². The van der Waals surface area contributed by atoms with Gasteiger partial charge in [0.2, 0.25) is 15.7 Å². The second-order valence-electron chi connectivity index (χ2n) is 9.28. The van der Waals surface area contributed by atoms with Gasteiger partial charge in [0.1, 0.15) is 5.82 Å². The summed E-state index contributed by atoms with van der Waals surface area (Å²) in [5.41, 5.74) is 2.83. The molecule has 0 unspecified atom stereocenters. The Morgan fingerprint density at radius 2 is 1.74 bits per heavy atom. The van der Waals surface area contributed by atoms with E-state index in [0.717, 1.165) is 28.8 Å². The van der Waals surface area contributed by atoms with Gasteiger partial charge < -0.3 is 5.11 Å². The Hall–Kier alpha value is -4.29. The Morgan fingerprint density at radius 3 is 2.33 bits per heavy atom. The van der Waals surface area contributed by atoms with Crippen LogP contribution in [0.25, 0.3) is 11.1 Å². The van der Waals surface area contributed by atoms with E-state index in [9.17, 15) is 23.6 Å². The number of sulfone groups is 1. The maximum Gasteiger partial charge on any atom is 0.277 e. The Bertz CT molecular complexity index is 1690. The van der Waals surface area contributed by atoms with Crippen molar-refractivity contribution in [2.45, 2.75) is 62.3 Å². The average Bonchev–Trinajstić information content (AvgIpc) is 2.94. The van der Waals surface area contributed by atoms with Crippen molar-refractivity contribution in [1.29, 1.82) is 5.26 Å². The summed E-state index contributed by atoms with van der Waals surface area (Å²) in [6.45, 7) is 5.75. The fourth-order valence-electron chi connectivity index (χ4n) is 4.68. The normalized spacial score (nSPS) is 12.2. The van der Waals surface area contributed by atoms with E-state index in [1.165, 1.54) is 16.7 Å². The molecule has 0 aliphatic carbocycles. The molecule has 0 aliphatic rings. The summed E-state index contributed by atoms with van der Waals surface area (Å²) in [4.78, 5) is 21.6. The third-order valence-corrected chi connectivity index (χ3v) is 8.54. The highest BCUT2D eigenvalue weighted by Crippen LogP contribution is 2.30. The summed E-state index contributed by atoms with van der Waals surface area (Å²) in [6.07, 6.45) is 4.08. The third-order valence-electron chi connectivity index (χ3n) is 6.76. The van der Waals surface area contributed by atoms with Gasteiger partial charge in [-0.05, 0) is 61.2 Å². The molecule has 0 saturated heterocycles. The molecule has 1 N–H and O–H groups in total. The van der Waals surface area contributed by atoms with Crippen LogP contribution in [0.5, 0.6) is 5.88 Å². The van der Waals surface area contributed by atoms with E-state index in [-0.39, 0.29) is 4.90 Å². The van der Waals surface area contributed by atoms with Crippen molar-refractivity contribution in [2.24, 2.45) is 0 Å². The maximum absolute atomic E-state index is 13.9. The van der Waals surface area contributed by atoms with Gasteiger partial charge in [-0.2, -0.15) is 10.2 Å². The van der Waals surface area contributed by atoms with Crippen molar-refractivity contribution in [3.8, 4) is 23.1 Å². The highest BCUT2D eigenvalue weighted by atomic mass is 32.2. The molecule has 0 radical (unpaired) electrons. The fraction of sp³-hybridized carbons (Fsp3) is 0.267. The van der Waals surface area contributed by atoms with Gasteiger partial charge in [0.05, 0.1) is 22.6 Å². The molecule has 8 nitrogen and oxygen atoms in total. The lowest BCUT2D eigenvalue weighted by atomic mass is 10.0. The predicted molar refractivity (Wildman–Crippen MR) is 148 cm³/mol. The molecule has 2 aromatic carbocycles. The van der Waals surface area contributed by atoms with Gasteiger partial charge in [0.25, 0.3) is 5.56 Å². The molecule has 0 fully saturated rings. The van der Waals surface area contributed by atoms with Crippen molar-refractivity contribution in [1.82, 2.24) is 14.5 Å². The predicted octanol–water partition coefficient (Wildman–Crippen LogP) is 5.37. The standard InChI is InChI=1S/C30H30N4O4S/c1-4-6-9-27-33-29(35)28(30(36)34(27)26(5-2)23-12-10-21(19-31)11-13-23)39(37,38)24-16-14-22(15-17-24)25-8-7-18-32-20(25)3/h7-8,10-18,26,35H,4-6,9H2,1-3H3/t26-/m0/s1. The zero-order valence-corrected chi connectivity index (χ0v) is 22.9. The lowest BCUT2D eigenvalue weighted by molar-refractivity contribution is 0.406. The Morgan fingerprint density at radius 1 is 1.05 bits per heavy atom. The monoisotopic (exact) mass is 542 g/mol. The van der Waals surface area contributed by atoms with Crippen molar-refractivity contribution in [3.63, 3.8) is 0 Å². The number of hydrogen-bond acceptors (Lipinski definition) is 7. The highest BCUT2D eigenvalue weighted by molar-refractivity contribution is 7.91. The molecule has 39 heavy (non-hydrogen) atoms. The number of rotatable bonds is 9. The first-order valence-corrected chi connectivity index (χ1v) is 14.3. The van der Waals surface area contributed by atoms with Crippen molar-refractivity contribution in [2.75, 3.05) is 0 Å². The zero-order valence-electron chi connectivity index (χ0n) is 22.1.